The van der Waals surface area contributed by atoms with Crippen LogP contribution in [0.4, 0.5) is 0 Å². The second-order valence-corrected chi connectivity index (χ2v) is 10.9. The fourth-order valence-electron chi connectivity index (χ4n) is 6.52. The van der Waals surface area contributed by atoms with Gasteiger partial charge in [-0.1, -0.05) is 158 Å². The van der Waals surface area contributed by atoms with E-state index in [0.29, 0.717) is 0 Å². The second kappa shape index (κ2) is 10.2. The van der Waals surface area contributed by atoms with E-state index in [1.54, 1.807) is 0 Å². The van der Waals surface area contributed by atoms with Gasteiger partial charge in [-0.05, 0) is 89.0 Å². The molecule has 0 saturated carbocycles. The van der Waals surface area contributed by atoms with Crippen LogP contribution in [0, 0.1) is 0 Å². The van der Waals surface area contributed by atoms with Crippen molar-refractivity contribution in [2.75, 3.05) is 0 Å². The van der Waals surface area contributed by atoms with Gasteiger partial charge in [-0.25, -0.2) is 0 Å². The highest BCUT2D eigenvalue weighted by Crippen LogP contribution is 2.45. The molecule has 196 valence electrons. The molecule has 0 amide bonds. The zero-order valence-corrected chi connectivity index (χ0v) is 23.2. The molecule has 0 unspecified atom stereocenters. The van der Waals surface area contributed by atoms with Crippen molar-refractivity contribution in [1.29, 1.82) is 0 Å². The molecule has 0 atom stereocenters. The van der Waals surface area contributed by atoms with E-state index in [-0.39, 0.29) is 0 Å². The molecule has 0 aliphatic carbocycles. The van der Waals surface area contributed by atoms with Gasteiger partial charge in [0.25, 0.3) is 0 Å². The second-order valence-electron chi connectivity index (χ2n) is 10.9. The molecule has 0 heteroatoms. The highest BCUT2D eigenvalue weighted by Gasteiger charge is 2.18. The largest absolute Gasteiger partial charge is 0.0622 e. The van der Waals surface area contributed by atoms with E-state index < -0.39 is 0 Å². The normalized spacial score (nSPS) is 11.3. The first-order chi connectivity index (χ1) is 20.8. The fourth-order valence-corrected chi connectivity index (χ4v) is 6.52. The number of benzene rings is 8. The van der Waals surface area contributed by atoms with Crippen molar-refractivity contribution in [2.45, 2.75) is 0 Å². The van der Waals surface area contributed by atoms with Crippen molar-refractivity contribution in [3.63, 3.8) is 0 Å². The quantitative estimate of drug-likeness (QED) is 0.198. The van der Waals surface area contributed by atoms with Gasteiger partial charge in [-0.15, -0.1) is 0 Å². The molecule has 0 aromatic heterocycles. The molecule has 8 rings (SSSR count). The lowest BCUT2D eigenvalue weighted by Gasteiger charge is -2.19. The summed E-state index contributed by atoms with van der Waals surface area (Å²) in [5, 5.41) is 7.61. The van der Waals surface area contributed by atoms with Gasteiger partial charge < -0.3 is 0 Å². The smallest absolute Gasteiger partial charge is 0.00261 e. The van der Waals surface area contributed by atoms with Gasteiger partial charge in [0.1, 0.15) is 0 Å². The summed E-state index contributed by atoms with van der Waals surface area (Å²) in [5.74, 6) is 0. The Hall–Kier alpha value is -5.46. The average Bonchev–Trinajstić information content (AvgIpc) is 3.07. The molecule has 0 spiro atoms. The van der Waals surface area contributed by atoms with Crippen molar-refractivity contribution in [3.05, 3.63) is 170 Å². The van der Waals surface area contributed by atoms with Crippen molar-refractivity contribution in [3.8, 4) is 44.5 Å². The minimum atomic E-state index is 1.22. The number of rotatable bonds is 4. The standard InChI is InChI=1S/C42H28/c1-3-14-30(15-4-1)40-28-34(25-26-35(40)33-24-23-29-13-7-8-18-32(29)27-33)42-38-21-11-9-19-36(38)41(31-16-5-2-6-17-31)37-20-10-12-22-39(37)42/h1-28H. The van der Waals surface area contributed by atoms with Gasteiger partial charge in [0.05, 0.1) is 0 Å². The summed E-state index contributed by atoms with van der Waals surface area (Å²) in [6, 6.07) is 61.8. The Morgan fingerprint density at radius 1 is 0.238 bits per heavy atom. The Labute approximate surface area is 246 Å². The zero-order valence-electron chi connectivity index (χ0n) is 23.2. The maximum atomic E-state index is 2.40. The van der Waals surface area contributed by atoms with Gasteiger partial charge in [0.2, 0.25) is 0 Å². The third-order valence-corrected chi connectivity index (χ3v) is 8.45. The predicted molar refractivity (Wildman–Crippen MR) is 181 cm³/mol. The molecule has 0 heterocycles. The molecular weight excluding hydrogens is 504 g/mol. The summed E-state index contributed by atoms with van der Waals surface area (Å²) >= 11 is 0. The van der Waals surface area contributed by atoms with E-state index >= 15 is 0 Å². The summed E-state index contributed by atoms with van der Waals surface area (Å²) in [4.78, 5) is 0. The summed E-state index contributed by atoms with van der Waals surface area (Å²) < 4.78 is 0. The van der Waals surface area contributed by atoms with E-state index in [9.17, 15) is 0 Å². The average molecular weight is 533 g/mol. The van der Waals surface area contributed by atoms with E-state index in [2.05, 4.69) is 170 Å². The van der Waals surface area contributed by atoms with Gasteiger partial charge in [-0.2, -0.15) is 0 Å². The third-order valence-electron chi connectivity index (χ3n) is 8.45. The van der Waals surface area contributed by atoms with Crippen molar-refractivity contribution in [1.82, 2.24) is 0 Å². The Kier molecular flexibility index (Phi) is 5.90. The highest BCUT2D eigenvalue weighted by atomic mass is 14.2. The SMILES string of the molecule is c1ccc(-c2cc(-c3c4ccccc4c(-c4ccccc4)c4ccccc34)ccc2-c2ccc3ccccc3c2)cc1. The van der Waals surface area contributed by atoms with Crippen LogP contribution in [0.3, 0.4) is 0 Å². The third kappa shape index (κ3) is 4.08. The molecular formula is C42H28. The number of hydrogen-bond acceptors (Lipinski definition) is 0. The maximum absolute atomic E-state index is 2.40. The molecule has 8 aromatic rings. The van der Waals surface area contributed by atoms with Crippen LogP contribution in [0.1, 0.15) is 0 Å². The number of hydrogen-bond donors (Lipinski definition) is 0. The van der Waals surface area contributed by atoms with Crippen molar-refractivity contribution >= 4 is 32.3 Å². The molecule has 0 saturated heterocycles. The Morgan fingerprint density at radius 3 is 1.33 bits per heavy atom. The van der Waals surface area contributed by atoms with E-state index in [1.165, 1.54) is 76.8 Å². The lowest BCUT2D eigenvalue weighted by molar-refractivity contribution is 1.59. The lowest BCUT2D eigenvalue weighted by atomic mass is 9.84. The first kappa shape index (κ1) is 24.3. The van der Waals surface area contributed by atoms with Crippen LogP contribution in [-0.2, 0) is 0 Å². The van der Waals surface area contributed by atoms with Gasteiger partial charge >= 0.3 is 0 Å². The van der Waals surface area contributed by atoms with E-state index in [1.807, 2.05) is 0 Å². The highest BCUT2D eigenvalue weighted by molar-refractivity contribution is 6.21. The lowest BCUT2D eigenvalue weighted by Crippen LogP contribution is -1.92. The molecule has 42 heavy (non-hydrogen) atoms. The molecule has 0 aliphatic heterocycles. The maximum Gasteiger partial charge on any atom is -0.00261 e. The first-order valence-electron chi connectivity index (χ1n) is 14.5. The van der Waals surface area contributed by atoms with Crippen molar-refractivity contribution in [2.24, 2.45) is 0 Å². The van der Waals surface area contributed by atoms with Gasteiger partial charge in [0.15, 0.2) is 0 Å². The van der Waals surface area contributed by atoms with Crippen LogP contribution in [0.15, 0.2) is 170 Å². The van der Waals surface area contributed by atoms with Crippen LogP contribution < -0.4 is 0 Å². The molecule has 8 aromatic carbocycles. The minimum absolute atomic E-state index is 1.22. The summed E-state index contributed by atoms with van der Waals surface area (Å²) in [5.41, 5.74) is 9.97. The summed E-state index contributed by atoms with van der Waals surface area (Å²) in [6.45, 7) is 0. The molecule has 0 radical (unpaired) electrons. The molecule has 0 bridgehead atoms. The molecule has 0 fully saturated rings. The van der Waals surface area contributed by atoms with Crippen molar-refractivity contribution < 1.29 is 0 Å². The molecule has 0 N–H and O–H groups in total. The van der Waals surface area contributed by atoms with Gasteiger partial charge in [0, 0.05) is 0 Å². The minimum Gasteiger partial charge on any atom is -0.0622 e. The Bertz CT molecular complexity index is 2170. The Balaban J connectivity index is 1.43. The van der Waals surface area contributed by atoms with Crippen LogP contribution in [0.2, 0.25) is 0 Å². The van der Waals surface area contributed by atoms with Crippen LogP contribution in [0.5, 0.6) is 0 Å². The summed E-state index contributed by atoms with van der Waals surface area (Å²) in [7, 11) is 0. The van der Waals surface area contributed by atoms with Gasteiger partial charge in [-0.3, -0.25) is 0 Å². The first-order valence-corrected chi connectivity index (χ1v) is 14.5. The monoisotopic (exact) mass is 532 g/mol. The Morgan fingerprint density at radius 2 is 0.714 bits per heavy atom. The summed E-state index contributed by atoms with van der Waals surface area (Å²) in [6.07, 6.45) is 0. The fraction of sp³-hybridized carbons (Fsp3) is 0. The predicted octanol–water partition coefficient (Wildman–Crippen LogP) is 11.8. The van der Waals surface area contributed by atoms with Crippen LogP contribution in [0.25, 0.3) is 76.8 Å². The van der Waals surface area contributed by atoms with Crippen LogP contribution >= 0.6 is 0 Å². The van der Waals surface area contributed by atoms with Crippen LogP contribution in [-0.4, -0.2) is 0 Å². The number of fused-ring (bicyclic) bond motifs is 3. The van der Waals surface area contributed by atoms with E-state index in [4.69, 9.17) is 0 Å². The molecule has 0 nitrogen and oxygen atoms in total. The molecule has 0 aliphatic rings. The van der Waals surface area contributed by atoms with E-state index in [0.717, 1.165) is 0 Å². The zero-order chi connectivity index (χ0) is 27.9. The topological polar surface area (TPSA) is 0 Å².